The lowest BCUT2D eigenvalue weighted by atomic mass is 10.2. The van der Waals surface area contributed by atoms with Crippen LogP contribution in [0, 0.1) is 0 Å². The molecule has 1 unspecified atom stereocenters. The predicted octanol–water partition coefficient (Wildman–Crippen LogP) is 1.78. The van der Waals surface area contributed by atoms with Crippen molar-refractivity contribution >= 4 is 17.7 Å². The summed E-state index contributed by atoms with van der Waals surface area (Å²) in [6.45, 7) is 4.69. The van der Waals surface area contributed by atoms with Crippen molar-refractivity contribution in [3.63, 3.8) is 0 Å². The lowest BCUT2D eigenvalue weighted by molar-refractivity contribution is -0.154. The van der Waals surface area contributed by atoms with E-state index in [1.165, 1.54) is 11.8 Å². The van der Waals surface area contributed by atoms with Crippen LogP contribution in [0.3, 0.4) is 0 Å². The minimum Gasteiger partial charge on any atom is -0.460 e. The second-order valence-electron chi connectivity index (χ2n) is 4.22. The average Bonchev–Trinajstić information content (AvgIpc) is 2.09. The maximum Gasteiger partial charge on any atom is 0.307 e. The molecule has 0 radical (unpaired) electrons. The first-order chi connectivity index (χ1) is 6.85. The van der Waals surface area contributed by atoms with Crippen LogP contribution in [-0.4, -0.2) is 41.0 Å². The van der Waals surface area contributed by atoms with Gasteiger partial charge in [-0.15, -0.1) is 0 Å². The first-order valence-electron chi connectivity index (χ1n) is 4.89. The first kappa shape index (κ1) is 14.7. The summed E-state index contributed by atoms with van der Waals surface area (Å²) in [5, 5.41) is 8.90. The van der Waals surface area contributed by atoms with E-state index in [4.69, 9.17) is 9.84 Å². The maximum absolute atomic E-state index is 11.8. The molecular formula is C10H19FO3S. The standard InChI is InChI=1S/C10H19FO3S/c1-10(2,3)14-9(13)4-5-15-7-8(12)6-11/h8,12H,4-7H2,1-3H3. The van der Waals surface area contributed by atoms with E-state index in [-0.39, 0.29) is 5.97 Å². The molecule has 15 heavy (non-hydrogen) atoms. The zero-order valence-electron chi connectivity index (χ0n) is 9.46. The molecule has 0 aliphatic heterocycles. The Hall–Kier alpha value is -0.290. The monoisotopic (exact) mass is 238 g/mol. The van der Waals surface area contributed by atoms with Gasteiger partial charge in [-0.25, -0.2) is 4.39 Å². The van der Waals surface area contributed by atoms with E-state index in [2.05, 4.69) is 0 Å². The molecule has 0 aliphatic carbocycles. The van der Waals surface area contributed by atoms with Crippen LogP contribution in [0.1, 0.15) is 27.2 Å². The lowest BCUT2D eigenvalue weighted by Gasteiger charge is -2.19. The average molecular weight is 238 g/mol. The fourth-order valence-corrected chi connectivity index (χ4v) is 1.65. The molecule has 1 N–H and O–H groups in total. The normalized spacial score (nSPS) is 13.7. The third-order valence-corrected chi connectivity index (χ3v) is 2.47. The number of carbonyl (C=O) groups excluding carboxylic acids is 1. The molecule has 0 aromatic rings. The number of carbonyl (C=O) groups is 1. The summed E-state index contributed by atoms with van der Waals surface area (Å²) in [6, 6.07) is 0. The van der Waals surface area contributed by atoms with Gasteiger partial charge in [0.1, 0.15) is 12.3 Å². The Bertz CT molecular complexity index is 192. The Morgan fingerprint density at radius 3 is 2.60 bits per heavy atom. The van der Waals surface area contributed by atoms with Gasteiger partial charge in [0.25, 0.3) is 0 Å². The smallest absolute Gasteiger partial charge is 0.307 e. The van der Waals surface area contributed by atoms with Crippen LogP contribution >= 0.6 is 11.8 Å². The molecule has 0 amide bonds. The van der Waals surface area contributed by atoms with E-state index in [0.717, 1.165) is 0 Å². The number of aliphatic hydroxyl groups is 1. The van der Waals surface area contributed by atoms with Gasteiger partial charge in [0.05, 0.1) is 12.5 Å². The number of esters is 1. The molecule has 0 rings (SSSR count). The van der Waals surface area contributed by atoms with Crippen molar-refractivity contribution < 1.29 is 19.0 Å². The predicted molar refractivity (Wildman–Crippen MR) is 59.8 cm³/mol. The minimum atomic E-state index is -0.923. The van der Waals surface area contributed by atoms with Crippen molar-refractivity contribution in [2.75, 3.05) is 18.2 Å². The summed E-state index contributed by atoms with van der Waals surface area (Å²) in [7, 11) is 0. The van der Waals surface area contributed by atoms with E-state index in [1.807, 2.05) is 20.8 Å². The van der Waals surface area contributed by atoms with E-state index in [9.17, 15) is 9.18 Å². The number of thioether (sulfide) groups is 1. The Labute approximate surface area is 94.4 Å². The van der Waals surface area contributed by atoms with Crippen LogP contribution in [0.15, 0.2) is 0 Å². The van der Waals surface area contributed by atoms with Crippen LogP contribution in [-0.2, 0) is 9.53 Å². The Balaban J connectivity index is 3.48. The number of alkyl halides is 1. The fraction of sp³-hybridized carbons (Fsp3) is 0.900. The summed E-state index contributed by atoms with van der Waals surface area (Å²) in [5.41, 5.74) is -0.458. The van der Waals surface area contributed by atoms with Crippen molar-refractivity contribution in [2.45, 2.75) is 38.9 Å². The molecule has 0 aromatic heterocycles. The molecule has 0 bridgehead atoms. The SMILES string of the molecule is CC(C)(C)OC(=O)CCSCC(O)CF. The van der Waals surface area contributed by atoms with Crippen LogP contribution in [0.2, 0.25) is 0 Å². The van der Waals surface area contributed by atoms with Gasteiger partial charge in [-0.2, -0.15) is 11.8 Å². The first-order valence-corrected chi connectivity index (χ1v) is 6.04. The highest BCUT2D eigenvalue weighted by atomic mass is 32.2. The van der Waals surface area contributed by atoms with E-state index < -0.39 is 18.4 Å². The lowest BCUT2D eigenvalue weighted by Crippen LogP contribution is -2.24. The van der Waals surface area contributed by atoms with Gasteiger partial charge < -0.3 is 9.84 Å². The molecule has 0 saturated carbocycles. The largest absolute Gasteiger partial charge is 0.460 e. The van der Waals surface area contributed by atoms with E-state index in [0.29, 0.717) is 17.9 Å². The molecule has 0 fully saturated rings. The van der Waals surface area contributed by atoms with Crippen molar-refractivity contribution in [1.29, 1.82) is 0 Å². The highest BCUT2D eigenvalue weighted by Gasteiger charge is 2.15. The van der Waals surface area contributed by atoms with Crippen molar-refractivity contribution in [3.8, 4) is 0 Å². The molecule has 0 saturated heterocycles. The van der Waals surface area contributed by atoms with Gasteiger partial charge in [-0.3, -0.25) is 4.79 Å². The van der Waals surface area contributed by atoms with Crippen molar-refractivity contribution in [3.05, 3.63) is 0 Å². The van der Waals surface area contributed by atoms with Gasteiger partial charge in [0.15, 0.2) is 0 Å². The third kappa shape index (κ3) is 10.0. The Kier molecular flexibility index (Phi) is 6.92. The van der Waals surface area contributed by atoms with Gasteiger partial charge in [0, 0.05) is 11.5 Å². The number of aliphatic hydroxyl groups excluding tert-OH is 1. The van der Waals surface area contributed by atoms with E-state index in [1.54, 1.807) is 0 Å². The quantitative estimate of drug-likeness (QED) is 0.566. The second-order valence-corrected chi connectivity index (χ2v) is 5.37. The highest BCUT2D eigenvalue weighted by Crippen LogP contribution is 2.11. The van der Waals surface area contributed by atoms with Gasteiger partial charge >= 0.3 is 5.97 Å². The minimum absolute atomic E-state index is 0.260. The molecule has 0 spiro atoms. The Morgan fingerprint density at radius 2 is 2.13 bits per heavy atom. The molecule has 90 valence electrons. The third-order valence-electron chi connectivity index (χ3n) is 1.36. The molecule has 0 aromatic carbocycles. The molecule has 3 nitrogen and oxygen atoms in total. The molecule has 0 heterocycles. The van der Waals surface area contributed by atoms with Gasteiger partial charge in [-0.1, -0.05) is 0 Å². The number of halogens is 1. The number of rotatable bonds is 6. The molecule has 0 aliphatic rings. The topological polar surface area (TPSA) is 46.5 Å². The maximum atomic E-state index is 11.8. The number of hydrogen-bond donors (Lipinski definition) is 1. The van der Waals surface area contributed by atoms with Crippen LogP contribution in [0.4, 0.5) is 4.39 Å². The molecule has 1 atom stereocenters. The fourth-order valence-electron chi connectivity index (χ4n) is 0.812. The summed E-state index contributed by atoms with van der Waals surface area (Å²) < 4.78 is 16.9. The van der Waals surface area contributed by atoms with Crippen molar-refractivity contribution in [1.82, 2.24) is 0 Å². The van der Waals surface area contributed by atoms with Crippen LogP contribution in [0.5, 0.6) is 0 Å². The van der Waals surface area contributed by atoms with Gasteiger partial charge in [-0.05, 0) is 20.8 Å². The van der Waals surface area contributed by atoms with Crippen LogP contribution in [0.25, 0.3) is 0 Å². The second kappa shape index (κ2) is 7.06. The zero-order chi connectivity index (χ0) is 11.9. The zero-order valence-corrected chi connectivity index (χ0v) is 10.3. The molecular weight excluding hydrogens is 219 g/mol. The summed E-state index contributed by atoms with van der Waals surface area (Å²) in [6.07, 6.45) is -0.630. The van der Waals surface area contributed by atoms with Crippen LogP contribution < -0.4 is 0 Å². The Morgan fingerprint density at radius 1 is 1.53 bits per heavy atom. The summed E-state index contributed by atoms with van der Waals surface area (Å²) in [4.78, 5) is 11.2. The van der Waals surface area contributed by atoms with E-state index >= 15 is 0 Å². The number of hydrogen-bond acceptors (Lipinski definition) is 4. The summed E-state index contributed by atoms with van der Waals surface area (Å²) in [5.74, 6) is 0.607. The van der Waals surface area contributed by atoms with Crippen molar-refractivity contribution in [2.24, 2.45) is 0 Å². The van der Waals surface area contributed by atoms with Gasteiger partial charge in [0.2, 0.25) is 0 Å². The summed E-state index contributed by atoms with van der Waals surface area (Å²) >= 11 is 1.35. The molecule has 5 heteroatoms. The number of ether oxygens (including phenoxy) is 1. The highest BCUT2D eigenvalue weighted by molar-refractivity contribution is 7.99.